The molecule has 0 unspecified atom stereocenters. The van der Waals surface area contributed by atoms with Crippen LogP contribution in [-0.2, 0) is 4.79 Å². The van der Waals surface area contributed by atoms with Crippen molar-refractivity contribution in [1.82, 2.24) is 0 Å². The molecule has 1 aliphatic rings. The van der Waals surface area contributed by atoms with Crippen molar-refractivity contribution in [1.29, 1.82) is 0 Å². The van der Waals surface area contributed by atoms with E-state index in [4.69, 9.17) is 0 Å². The number of hydrogen-bond acceptors (Lipinski definition) is 3. The minimum atomic E-state index is -0.226. The van der Waals surface area contributed by atoms with Crippen LogP contribution in [0.4, 0.5) is 11.4 Å². The maximum atomic E-state index is 12.1. The SMILES string of the molecule is C=C1C=C(/C=C/C(C)=C/C=C/C(C)=C/C(=O)Nc2ccc(N=O)cc2)C(C)(C)CC1. The van der Waals surface area contributed by atoms with Crippen LogP contribution < -0.4 is 5.32 Å². The molecule has 30 heavy (non-hydrogen) atoms. The lowest BCUT2D eigenvalue weighted by Crippen LogP contribution is -2.17. The lowest BCUT2D eigenvalue weighted by Gasteiger charge is -2.30. The van der Waals surface area contributed by atoms with Crippen LogP contribution in [0, 0.1) is 10.3 Å². The molecule has 1 amide bonds. The largest absolute Gasteiger partial charge is 0.323 e. The molecule has 0 fully saturated rings. The molecule has 2 rings (SSSR count). The topological polar surface area (TPSA) is 58.5 Å². The first-order valence-electron chi connectivity index (χ1n) is 10.1. The highest BCUT2D eigenvalue weighted by molar-refractivity contribution is 6.00. The standard InChI is InChI=1S/C26H30N2O2/c1-19(9-10-22-17-21(3)15-16-26(22,4)5)7-6-8-20(2)18-25(29)27-23-11-13-24(28-30)14-12-23/h6-14,17-18H,3,15-16H2,1-2,4-5H3,(H,27,29)/b8-6+,10-9+,19-7+,20-18+. The summed E-state index contributed by atoms with van der Waals surface area (Å²) >= 11 is 0. The first-order chi connectivity index (χ1) is 14.2. The van der Waals surface area contributed by atoms with Crippen molar-refractivity contribution in [3.05, 3.63) is 101 Å². The van der Waals surface area contributed by atoms with Crippen LogP contribution in [0.2, 0.25) is 0 Å². The minimum absolute atomic E-state index is 0.171. The minimum Gasteiger partial charge on any atom is -0.323 e. The number of carbonyl (C=O) groups excluding carboxylic acids is 1. The van der Waals surface area contributed by atoms with Gasteiger partial charge in [-0.25, -0.2) is 0 Å². The Balaban J connectivity index is 1.94. The summed E-state index contributed by atoms with van der Waals surface area (Å²) in [5, 5.41) is 5.59. The van der Waals surface area contributed by atoms with E-state index in [-0.39, 0.29) is 11.3 Å². The van der Waals surface area contributed by atoms with E-state index in [1.807, 2.05) is 25.2 Å². The van der Waals surface area contributed by atoms with Crippen molar-refractivity contribution in [2.45, 2.75) is 40.5 Å². The van der Waals surface area contributed by atoms with Gasteiger partial charge < -0.3 is 5.32 Å². The van der Waals surface area contributed by atoms with Crippen molar-refractivity contribution in [3.63, 3.8) is 0 Å². The lowest BCUT2D eigenvalue weighted by molar-refractivity contribution is -0.111. The summed E-state index contributed by atoms with van der Waals surface area (Å²) in [7, 11) is 0. The number of carbonyl (C=O) groups is 1. The molecule has 0 atom stereocenters. The Bertz CT molecular complexity index is 955. The van der Waals surface area contributed by atoms with E-state index < -0.39 is 0 Å². The number of rotatable bonds is 7. The van der Waals surface area contributed by atoms with Gasteiger partial charge in [0.2, 0.25) is 5.91 Å². The Labute approximate surface area is 179 Å². The van der Waals surface area contributed by atoms with E-state index in [0.29, 0.717) is 11.4 Å². The highest BCUT2D eigenvalue weighted by Gasteiger charge is 2.24. The fourth-order valence-electron chi connectivity index (χ4n) is 3.05. The normalized spacial score (nSPS) is 17.3. The Kier molecular flexibility index (Phi) is 8.05. The molecule has 0 spiro atoms. The van der Waals surface area contributed by atoms with Crippen molar-refractivity contribution in [2.75, 3.05) is 5.32 Å². The summed E-state index contributed by atoms with van der Waals surface area (Å²) in [4.78, 5) is 22.5. The third kappa shape index (κ3) is 7.28. The zero-order chi connectivity index (χ0) is 22.1. The van der Waals surface area contributed by atoms with Crippen molar-refractivity contribution in [3.8, 4) is 0 Å². The molecule has 0 aromatic heterocycles. The molecule has 1 N–H and O–H groups in total. The second-order valence-corrected chi connectivity index (χ2v) is 8.26. The molecule has 0 saturated heterocycles. The van der Waals surface area contributed by atoms with Gasteiger partial charge in [-0.15, -0.1) is 4.91 Å². The number of nitroso groups, excluding NO2 is 1. The Morgan fingerprint density at radius 1 is 1.13 bits per heavy atom. The van der Waals surface area contributed by atoms with Gasteiger partial charge in [-0.05, 0) is 72.7 Å². The van der Waals surface area contributed by atoms with Gasteiger partial charge in [0, 0.05) is 11.8 Å². The van der Waals surface area contributed by atoms with E-state index in [2.05, 4.69) is 56.1 Å². The van der Waals surface area contributed by atoms with Crippen molar-refractivity contribution < 1.29 is 4.79 Å². The highest BCUT2D eigenvalue weighted by atomic mass is 16.3. The summed E-state index contributed by atoms with van der Waals surface area (Å²) < 4.78 is 0. The quantitative estimate of drug-likeness (QED) is 0.295. The van der Waals surface area contributed by atoms with Gasteiger partial charge in [-0.1, -0.05) is 68.0 Å². The van der Waals surface area contributed by atoms with E-state index in [1.165, 1.54) is 17.2 Å². The zero-order valence-electron chi connectivity index (χ0n) is 18.2. The first kappa shape index (κ1) is 23.0. The summed E-state index contributed by atoms with van der Waals surface area (Å²) in [5.41, 5.74) is 5.56. The predicted octanol–water partition coefficient (Wildman–Crippen LogP) is 7.33. The van der Waals surface area contributed by atoms with Crippen LogP contribution >= 0.6 is 0 Å². The predicted molar refractivity (Wildman–Crippen MR) is 127 cm³/mol. The monoisotopic (exact) mass is 402 g/mol. The maximum absolute atomic E-state index is 12.1. The molecule has 0 radical (unpaired) electrons. The van der Waals surface area contributed by atoms with Crippen molar-refractivity contribution in [2.24, 2.45) is 10.6 Å². The molecule has 1 aliphatic carbocycles. The smallest absolute Gasteiger partial charge is 0.248 e. The van der Waals surface area contributed by atoms with Crippen LogP contribution in [0.25, 0.3) is 0 Å². The molecule has 1 aromatic carbocycles. The number of allylic oxidation sites excluding steroid dienone is 10. The van der Waals surface area contributed by atoms with E-state index in [1.54, 1.807) is 24.3 Å². The number of anilines is 1. The van der Waals surface area contributed by atoms with Crippen molar-refractivity contribution >= 4 is 17.3 Å². The van der Waals surface area contributed by atoms with Gasteiger partial charge in [-0.2, -0.15) is 0 Å². The van der Waals surface area contributed by atoms with Crippen LogP contribution in [0.3, 0.4) is 0 Å². The molecule has 0 bridgehead atoms. The molecular formula is C26H30N2O2. The van der Waals surface area contributed by atoms with E-state index in [9.17, 15) is 9.70 Å². The fraction of sp³-hybridized carbons (Fsp3) is 0.269. The van der Waals surface area contributed by atoms with Crippen LogP contribution in [-0.4, -0.2) is 5.91 Å². The Morgan fingerprint density at radius 2 is 1.83 bits per heavy atom. The Hall–Kier alpha value is -3.27. The number of nitrogens with zero attached hydrogens (tertiary/aromatic N) is 1. The number of nitrogens with one attached hydrogen (secondary N) is 1. The second kappa shape index (κ2) is 10.5. The third-order valence-electron chi connectivity index (χ3n) is 5.06. The zero-order valence-corrected chi connectivity index (χ0v) is 18.2. The molecule has 0 aliphatic heterocycles. The molecule has 0 heterocycles. The average Bonchev–Trinajstić information content (AvgIpc) is 2.69. The number of amides is 1. The molecule has 1 aromatic rings. The third-order valence-corrected chi connectivity index (χ3v) is 5.06. The molecule has 156 valence electrons. The highest BCUT2D eigenvalue weighted by Crippen LogP contribution is 2.38. The van der Waals surface area contributed by atoms with Gasteiger partial charge in [0.1, 0.15) is 5.69 Å². The number of hydrogen-bond donors (Lipinski definition) is 1. The van der Waals surface area contributed by atoms with Gasteiger partial charge in [0.05, 0.1) is 0 Å². The summed E-state index contributed by atoms with van der Waals surface area (Å²) in [6.45, 7) is 12.5. The van der Waals surface area contributed by atoms with E-state index in [0.717, 1.165) is 24.0 Å². The molecule has 4 nitrogen and oxygen atoms in total. The summed E-state index contributed by atoms with van der Waals surface area (Å²) in [6.07, 6.45) is 16.0. The second-order valence-electron chi connectivity index (χ2n) is 8.26. The average molecular weight is 403 g/mol. The lowest BCUT2D eigenvalue weighted by atomic mass is 9.74. The fourth-order valence-corrected chi connectivity index (χ4v) is 3.05. The van der Waals surface area contributed by atoms with E-state index >= 15 is 0 Å². The summed E-state index contributed by atoms with van der Waals surface area (Å²) in [5.74, 6) is -0.226. The van der Waals surface area contributed by atoms with Gasteiger partial charge in [-0.3, -0.25) is 4.79 Å². The number of benzene rings is 1. The maximum Gasteiger partial charge on any atom is 0.248 e. The van der Waals surface area contributed by atoms with Gasteiger partial charge >= 0.3 is 0 Å². The first-order valence-corrected chi connectivity index (χ1v) is 10.1. The summed E-state index contributed by atoms with van der Waals surface area (Å²) in [6, 6.07) is 6.40. The van der Waals surface area contributed by atoms with Gasteiger partial charge in [0.25, 0.3) is 0 Å². The van der Waals surface area contributed by atoms with Gasteiger partial charge in [0.15, 0.2) is 0 Å². The molecular weight excluding hydrogens is 372 g/mol. The molecule has 4 heteroatoms. The van der Waals surface area contributed by atoms with Crippen LogP contribution in [0.5, 0.6) is 0 Å². The Morgan fingerprint density at radius 3 is 2.50 bits per heavy atom. The molecule has 0 saturated carbocycles. The van der Waals surface area contributed by atoms with Crippen LogP contribution in [0.1, 0.15) is 40.5 Å². The van der Waals surface area contributed by atoms with Crippen LogP contribution in [0.15, 0.2) is 101 Å².